The molecule has 1 aliphatic heterocycles. The van der Waals surface area contributed by atoms with Crippen LogP contribution in [0.2, 0.25) is 0 Å². The first-order valence-corrected chi connectivity index (χ1v) is 6.15. The predicted octanol–water partition coefficient (Wildman–Crippen LogP) is 1.54. The Morgan fingerprint density at radius 1 is 1.35 bits per heavy atom. The number of carbonyl (C=O) groups is 2. The number of benzene rings is 1. The molecule has 0 saturated heterocycles. The highest BCUT2D eigenvalue weighted by Gasteiger charge is 2.31. The summed E-state index contributed by atoms with van der Waals surface area (Å²) in [5.74, 6) is -0.645. The Balaban J connectivity index is 2.50. The summed E-state index contributed by atoms with van der Waals surface area (Å²) < 4.78 is 13.4. The Morgan fingerprint density at radius 2 is 2.05 bits per heavy atom. The van der Waals surface area contributed by atoms with Crippen LogP contribution in [0.1, 0.15) is 18.5 Å². The lowest BCUT2D eigenvalue weighted by molar-refractivity contribution is -0.125. The van der Waals surface area contributed by atoms with Gasteiger partial charge in [-0.05, 0) is 24.6 Å². The van der Waals surface area contributed by atoms with Gasteiger partial charge in [0, 0.05) is 19.8 Å². The molecule has 5 nitrogen and oxygen atoms in total. The summed E-state index contributed by atoms with van der Waals surface area (Å²) in [5, 5.41) is 5.22. The lowest BCUT2D eigenvalue weighted by Gasteiger charge is -2.30. The summed E-state index contributed by atoms with van der Waals surface area (Å²) in [5.41, 5.74) is 1.41. The molecule has 6 heteroatoms. The van der Waals surface area contributed by atoms with E-state index >= 15 is 0 Å². The number of halogens is 1. The minimum absolute atomic E-state index is 0.232. The van der Waals surface area contributed by atoms with Crippen LogP contribution in [0.3, 0.4) is 0 Å². The van der Waals surface area contributed by atoms with Crippen molar-refractivity contribution in [3.05, 3.63) is 46.9 Å². The van der Waals surface area contributed by atoms with Gasteiger partial charge in [0.25, 0.3) is 5.91 Å². The number of hydrogen-bond acceptors (Lipinski definition) is 2. The molecule has 0 radical (unpaired) electrons. The molecule has 3 amide bonds. The van der Waals surface area contributed by atoms with Gasteiger partial charge in [-0.1, -0.05) is 12.1 Å². The van der Waals surface area contributed by atoms with Crippen LogP contribution in [0, 0.1) is 5.82 Å². The fourth-order valence-electron chi connectivity index (χ4n) is 2.15. The Bertz CT molecular complexity index is 596. The quantitative estimate of drug-likeness (QED) is 0.861. The van der Waals surface area contributed by atoms with Gasteiger partial charge >= 0.3 is 6.03 Å². The number of urea groups is 1. The lowest BCUT2D eigenvalue weighted by Crippen LogP contribution is -2.46. The molecular weight excluding hydrogens is 261 g/mol. The summed E-state index contributed by atoms with van der Waals surface area (Å²) in [7, 11) is 3.25. The van der Waals surface area contributed by atoms with Gasteiger partial charge in [-0.3, -0.25) is 4.79 Å². The molecule has 0 bridgehead atoms. The van der Waals surface area contributed by atoms with E-state index in [1.807, 2.05) is 0 Å². The largest absolute Gasteiger partial charge is 0.345 e. The van der Waals surface area contributed by atoms with Crippen LogP contribution in [-0.2, 0) is 4.79 Å². The van der Waals surface area contributed by atoms with Crippen molar-refractivity contribution in [3.8, 4) is 0 Å². The van der Waals surface area contributed by atoms with Crippen LogP contribution in [0.25, 0.3) is 0 Å². The summed E-state index contributed by atoms with van der Waals surface area (Å²) >= 11 is 0. The van der Waals surface area contributed by atoms with E-state index in [1.54, 1.807) is 33.2 Å². The number of hydrogen-bond donors (Lipinski definition) is 2. The molecule has 1 aromatic rings. The van der Waals surface area contributed by atoms with Crippen LogP contribution < -0.4 is 10.6 Å². The maximum absolute atomic E-state index is 13.4. The highest BCUT2D eigenvalue weighted by atomic mass is 19.1. The summed E-state index contributed by atoms with van der Waals surface area (Å²) in [6.45, 7) is 1.65. The summed E-state index contributed by atoms with van der Waals surface area (Å²) in [6.07, 6.45) is 0. The smallest absolute Gasteiger partial charge is 0.319 e. The molecule has 0 aliphatic carbocycles. The molecule has 2 rings (SSSR count). The van der Waals surface area contributed by atoms with E-state index in [4.69, 9.17) is 0 Å². The zero-order valence-electron chi connectivity index (χ0n) is 11.5. The number of allylic oxidation sites excluding steroid dienone is 1. The summed E-state index contributed by atoms with van der Waals surface area (Å²) in [4.78, 5) is 25.3. The topological polar surface area (TPSA) is 61.4 Å². The maximum atomic E-state index is 13.4. The van der Waals surface area contributed by atoms with Crippen LogP contribution >= 0.6 is 0 Å². The molecule has 1 atom stereocenters. The van der Waals surface area contributed by atoms with Crippen LogP contribution in [0.5, 0.6) is 0 Å². The Hall–Kier alpha value is -2.37. The van der Waals surface area contributed by atoms with E-state index in [2.05, 4.69) is 10.6 Å². The first kappa shape index (κ1) is 14.0. The van der Waals surface area contributed by atoms with E-state index in [-0.39, 0.29) is 5.91 Å². The fourth-order valence-corrected chi connectivity index (χ4v) is 2.15. The van der Waals surface area contributed by atoms with Crippen molar-refractivity contribution in [3.63, 3.8) is 0 Å². The van der Waals surface area contributed by atoms with Crippen LogP contribution in [0.15, 0.2) is 35.5 Å². The molecule has 106 valence electrons. The Kier molecular flexibility index (Phi) is 3.74. The van der Waals surface area contributed by atoms with Gasteiger partial charge in [0.2, 0.25) is 0 Å². The van der Waals surface area contributed by atoms with Gasteiger partial charge in [-0.15, -0.1) is 0 Å². The molecule has 2 N–H and O–H groups in total. The van der Waals surface area contributed by atoms with Crippen molar-refractivity contribution in [2.75, 3.05) is 14.1 Å². The van der Waals surface area contributed by atoms with Crippen molar-refractivity contribution in [2.45, 2.75) is 13.0 Å². The maximum Gasteiger partial charge on any atom is 0.319 e. The molecule has 0 spiro atoms. The standard InChI is InChI=1S/C14H16FN3O2/c1-8-11(13(19)18(2)3)12(17-14(20)16-8)9-5-4-6-10(15)7-9/h4-7,12H,1-3H3,(H2,16,17,20). The molecule has 1 aromatic carbocycles. The van der Waals surface area contributed by atoms with Gasteiger partial charge in [-0.25, -0.2) is 9.18 Å². The SMILES string of the molecule is CC1=C(C(=O)N(C)C)C(c2cccc(F)c2)NC(=O)N1. The van der Waals surface area contributed by atoms with Gasteiger partial charge in [0.1, 0.15) is 5.82 Å². The van der Waals surface area contributed by atoms with E-state index in [9.17, 15) is 14.0 Å². The molecule has 1 unspecified atom stereocenters. The molecule has 1 aliphatic rings. The van der Waals surface area contributed by atoms with E-state index < -0.39 is 17.9 Å². The Morgan fingerprint density at radius 3 is 2.65 bits per heavy atom. The molecule has 0 saturated carbocycles. The van der Waals surface area contributed by atoms with E-state index in [0.29, 0.717) is 16.8 Å². The third-order valence-corrected chi connectivity index (χ3v) is 3.09. The molecule has 20 heavy (non-hydrogen) atoms. The third kappa shape index (κ3) is 2.64. The highest BCUT2D eigenvalue weighted by Crippen LogP contribution is 2.27. The highest BCUT2D eigenvalue weighted by molar-refractivity contribution is 5.98. The average Bonchev–Trinajstić information content (AvgIpc) is 2.37. The number of carbonyl (C=O) groups excluding carboxylic acids is 2. The number of nitrogens with zero attached hydrogens (tertiary/aromatic N) is 1. The van der Waals surface area contributed by atoms with Gasteiger partial charge < -0.3 is 15.5 Å². The van der Waals surface area contributed by atoms with Crippen molar-refractivity contribution in [2.24, 2.45) is 0 Å². The first-order valence-electron chi connectivity index (χ1n) is 6.15. The van der Waals surface area contributed by atoms with Crippen molar-refractivity contribution in [1.29, 1.82) is 0 Å². The second-order valence-corrected chi connectivity index (χ2v) is 4.82. The number of likely N-dealkylation sites (N-methyl/N-ethyl adjacent to an activating group) is 1. The van der Waals surface area contributed by atoms with Gasteiger partial charge in [0.05, 0.1) is 11.6 Å². The van der Waals surface area contributed by atoms with Crippen LogP contribution in [0.4, 0.5) is 9.18 Å². The zero-order valence-corrected chi connectivity index (χ0v) is 11.5. The van der Waals surface area contributed by atoms with E-state index in [0.717, 1.165) is 0 Å². The van der Waals surface area contributed by atoms with Crippen LogP contribution in [-0.4, -0.2) is 30.9 Å². The number of amides is 3. The zero-order chi connectivity index (χ0) is 14.9. The average molecular weight is 277 g/mol. The summed E-state index contributed by atoms with van der Waals surface area (Å²) in [6, 6.07) is 4.78. The normalized spacial score (nSPS) is 18.4. The number of nitrogens with one attached hydrogen (secondary N) is 2. The molecular formula is C14H16FN3O2. The third-order valence-electron chi connectivity index (χ3n) is 3.09. The predicted molar refractivity (Wildman–Crippen MR) is 72.2 cm³/mol. The van der Waals surface area contributed by atoms with Gasteiger partial charge in [-0.2, -0.15) is 0 Å². The molecule has 0 fully saturated rings. The minimum atomic E-state index is -0.658. The lowest BCUT2D eigenvalue weighted by atomic mass is 9.94. The molecule has 0 aromatic heterocycles. The second-order valence-electron chi connectivity index (χ2n) is 4.82. The first-order chi connectivity index (χ1) is 9.40. The van der Waals surface area contributed by atoms with Crippen molar-refractivity contribution >= 4 is 11.9 Å². The van der Waals surface area contributed by atoms with Gasteiger partial charge in [0.15, 0.2) is 0 Å². The molecule has 1 heterocycles. The van der Waals surface area contributed by atoms with E-state index in [1.165, 1.54) is 17.0 Å². The minimum Gasteiger partial charge on any atom is -0.345 e. The number of rotatable bonds is 2. The second kappa shape index (κ2) is 5.32. The fraction of sp³-hybridized carbons (Fsp3) is 0.286. The van der Waals surface area contributed by atoms with Crippen molar-refractivity contribution in [1.82, 2.24) is 15.5 Å². The van der Waals surface area contributed by atoms with Crippen molar-refractivity contribution < 1.29 is 14.0 Å². The monoisotopic (exact) mass is 277 g/mol. The Labute approximate surface area is 116 Å².